The van der Waals surface area contributed by atoms with Crippen molar-refractivity contribution < 1.29 is 9.53 Å². The fraction of sp³-hybridized carbons (Fsp3) is 0.370. The number of amides is 1. The number of fused-ring (bicyclic) bond motifs is 1. The van der Waals surface area contributed by atoms with Crippen molar-refractivity contribution in [2.24, 2.45) is 5.92 Å². The highest BCUT2D eigenvalue weighted by Crippen LogP contribution is 2.40. The minimum absolute atomic E-state index is 0.0120. The summed E-state index contributed by atoms with van der Waals surface area (Å²) in [7, 11) is 0. The predicted molar refractivity (Wildman–Crippen MR) is 140 cm³/mol. The Morgan fingerprint density at radius 2 is 1.88 bits per heavy atom. The summed E-state index contributed by atoms with van der Waals surface area (Å²) < 4.78 is 5.76. The molecule has 34 heavy (non-hydrogen) atoms. The lowest BCUT2D eigenvalue weighted by atomic mass is 9.96. The average molecular weight is 496 g/mol. The molecule has 2 aliphatic heterocycles. The molecule has 0 bridgehead atoms. The van der Waals surface area contributed by atoms with E-state index in [2.05, 4.69) is 46.3 Å². The summed E-state index contributed by atoms with van der Waals surface area (Å²) in [5, 5.41) is 4.88. The van der Waals surface area contributed by atoms with Gasteiger partial charge in [0.1, 0.15) is 12.4 Å². The first kappa shape index (κ1) is 23.2. The molecule has 5 rings (SSSR count). The van der Waals surface area contributed by atoms with Crippen LogP contribution in [-0.4, -0.2) is 43.6 Å². The Morgan fingerprint density at radius 3 is 2.68 bits per heavy atom. The molecule has 0 aliphatic carbocycles. The molecule has 2 aliphatic rings. The van der Waals surface area contributed by atoms with Crippen LogP contribution in [-0.2, 0) is 6.54 Å². The molecule has 1 N–H and O–H groups in total. The molecule has 3 aromatic rings. The van der Waals surface area contributed by atoms with E-state index in [0.29, 0.717) is 17.5 Å². The Kier molecular flexibility index (Phi) is 7.09. The molecule has 1 fully saturated rings. The van der Waals surface area contributed by atoms with Gasteiger partial charge in [-0.2, -0.15) is 0 Å². The van der Waals surface area contributed by atoms with Crippen molar-refractivity contribution in [1.82, 2.24) is 10.2 Å². The molecule has 3 heterocycles. The monoisotopic (exact) mass is 495 g/mol. The third kappa shape index (κ3) is 5.40. The lowest BCUT2D eigenvalue weighted by Crippen LogP contribution is -2.38. The van der Waals surface area contributed by atoms with Gasteiger partial charge in [0.25, 0.3) is 5.91 Å². The Morgan fingerprint density at radius 1 is 1.09 bits per heavy atom. The van der Waals surface area contributed by atoms with Crippen molar-refractivity contribution in [2.75, 3.05) is 37.7 Å². The maximum absolute atomic E-state index is 12.8. The molecule has 0 unspecified atom stereocenters. The van der Waals surface area contributed by atoms with Crippen LogP contribution < -0.4 is 15.0 Å². The number of likely N-dealkylation sites (tertiary alicyclic amines) is 1. The summed E-state index contributed by atoms with van der Waals surface area (Å²) >= 11 is 7.72. The highest BCUT2D eigenvalue weighted by molar-refractivity contribution is 7.18. The number of benzene rings is 2. The van der Waals surface area contributed by atoms with Crippen molar-refractivity contribution in [3.63, 3.8) is 0 Å². The van der Waals surface area contributed by atoms with Gasteiger partial charge in [-0.3, -0.25) is 9.69 Å². The minimum atomic E-state index is 0.0120. The maximum atomic E-state index is 12.8. The number of piperidine rings is 1. The minimum Gasteiger partial charge on any atom is -0.490 e. The fourth-order valence-corrected chi connectivity index (χ4v) is 5.77. The number of thiophene rings is 1. The van der Waals surface area contributed by atoms with Crippen molar-refractivity contribution in [1.29, 1.82) is 0 Å². The van der Waals surface area contributed by atoms with Gasteiger partial charge < -0.3 is 15.0 Å². The third-order valence-corrected chi connectivity index (χ3v) is 7.99. The van der Waals surface area contributed by atoms with Gasteiger partial charge in [-0.1, -0.05) is 41.4 Å². The lowest BCUT2D eigenvalue weighted by molar-refractivity contribution is 0.0939. The summed E-state index contributed by atoms with van der Waals surface area (Å²) in [5.74, 6) is 1.37. The van der Waals surface area contributed by atoms with E-state index in [1.165, 1.54) is 22.5 Å². The highest BCUT2D eigenvalue weighted by Gasteiger charge is 2.23. The Balaban J connectivity index is 1.12. The van der Waals surface area contributed by atoms with E-state index in [1.54, 1.807) is 0 Å². The number of hydrogen-bond acceptors (Lipinski definition) is 5. The topological polar surface area (TPSA) is 44.8 Å². The summed E-state index contributed by atoms with van der Waals surface area (Å²) in [6.45, 7) is 7.37. The molecule has 0 spiro atoms. The largest absolute Gasteiger partial charge is 0.490 e. The second kappa shape index (κ2) is 10.4. The van der Waals surface area contributed by atoms with E-state index in [0.717, 1.165) is 66.9 Å². The standard InChI is InChI=1S/C27H30ClN3O2S/c1-19-2-4-21(5-3-19)18-30-12-10-20(11-13-30)17-29-27(32)25-8-9-26(34-25)31-14-15-33-24-7-6-22(28)16-23(24)31/h2-9,16,20H,10-15,17-18H2,1H3,(H,29,32). The second-order valence-electron chi connectivity index (χ2n) is 9.17. The molecule has 5 nitrogen and oxygen atoms in total. The molecule has 1 aromatic heterocycles. The zero-order valence-electron chi connectivity index (χ0n) is 19.4. The van der Waals surface area contributed by atoms with Crippen LogP contribution in [0.15, 0.2) is 54.6 Å². The van der Waals surface area contributed by atoms with Crippen LogP contribution in [0.3, 0.4) is 0 Å². The second-order valence-corrected chi connectivity index (χ2v) is 10.7. The average Bonchev–Trinajstić information content (AvgIpc) is 3.35. The number of carbonyl (C=O) groups excluding carboxylic acids is 1. The lowest BCUT2D eigenvalue weighted by Gasteiger charge is -2.32. The van der Waals surface area contributed by atoms with Crippen LogP contribution >= 0.6 is 22.9 Å². The zero-order chi connectivity index (χ0) is 23.5. The van der Waals surface area contributed by atoms with E-state index in [-0.39, 0.29) is 5.91 Å². The molecular formula is C27H30ClN3O2S. The van der Waals surface area contributed by atoms with Crippen molar-refractivity contribution in [3.8, 4) is 5.75 Å². The molecule has 2 aromatic carbocycles. The molecule has 0 radical (unpaired) electrons. The van der Waals surface area contributed by atoms with Crippen LogP contribution in [0.25, 0.3) is 0 Å². The number of aryl methyl sites for hydroxylation is 1. The first-order valence-electron chi connectivity index (χ1n) is 11.9. The van der Waals surface area contributed by atoms with Gasteiger partial charge in [0, 0.05) is 18.1 Å². The molecule has 178 valence electrons. The molecule has 0 saturated carbocycles. The van der Waals surface area contributed by atoms with Gasteiger partial charge in [-0.25, -0.2) is 0 Å². The summed E-state index contributed by atoms with van der Waals surface area (Å²) in [6, 6.07) is 18.4. The summed E-state index contributed by atoms with van der Waals surface area (Å²) in [4.78, 5) is 18.3. The van der Waals surface area contributed by atoms with Crippen LogP contribution in [0.4, 0.5) is 10.7 Å². The number of carbonyl (C=O) groups is 1. The number of rotatable bonds is 6. The molecule has 0 atom stereocenters. The third-order valence-electron chi connectivity index (χ3n) is 6.65. The Labute approximate surface area is 210 Å². The van der Waals surface area contributed by atoms with E-state index < -0.39 is 0 Å². The van der Waals surface area contributed by atoms with Gasteiger partial charge in [-0.15, -0.1) is 11.3 Å². The van der Waals surface area contributed by atoms with Crippen LogP contribution in [0.2, 0.25) is 5.02 Å². The Hall–Kier alpha value is -2.54. The predicted octanol–water partition coefficient (Wildman–Crippen LogP) is 5.88. The molecule has 1 saturated heterocycles. The number of nitrogens with zero attached hydrogens (tertiary/aromatic N) is 2. The highest BCUT2D eigenvalue weighted by atomic mass is 35.5. The number of anilines is 2. The maximum Gasteiger partial charge on any atom is 0.261 e. The van der Waals surface area contributed by atoms with Crippen molar-refractivity contribution in [2.45, 2.75) is 26.3 Å². The van der Waals surface area contributed by atoms with E-state index in [4.69, 9.17) is 16.3 Å². The quantitative estimate of drug-likeness (QED) is 0.463. The first-order valence-corrected chi connectivity index (χ1v) is 13.1. The number of halogens is 1. The zero-order valence-corrected chi connectivity index (χ0v) is 21.0. The van der Waals surface area contributed by atoms with Gasteiger partial charge in [0.15, 0.2) is 0 Å². The van der Waals surface area contributed by atoms with E-state index in [1.807, 2.05) is 30.3 Å². The molecular weight excluding hydrogens is 466 g/mol. The van der Waals surface area contributed by atoms with Gasteiger partial charge in [0.05, 0.1) is 22.1 Å². The van der Waals surface area contributed by atoms with Gasteiger partial charge in [-0.05, 0) is 74.7 Å². The molecule has 1 amide bonds. The fourth-order valence-electron chi connectivity index (χ4n) is 4.64. The number of hydrogen-bond donors (Lipinski definition) is 1. The Bertz CT molecular complexity index is 1140. The summed E-state index contributed by atoms with van der Waals surface area (Å²) in [5.41, 5.74) is 3.62. The van der Waals surface area contributed by atoms with Crippen LogP contribution in [0.5, 0.6) is 5.75 Å². The van der Waals surface area contributed by atoms with Gasteiger partial charge in [0.2, 0.25) is 0 Å². The van der Waals surface area contributed by atoms with Gasteiger partial charge >= 0.3 is 0 Å². The molecule has 7 heteroatoms. The van der Waals surface area contributed by atoms with Crippen LogP contribution in [0, 0.1) is 12.8 Å². The number of ether oxygens (including phenoxy) is 1. The van der Waals surface area contributed by atoms with E-state index >= 15 is 0 Å². The van der Waals surface area contributed by atoms with Crippen molar-refractivity contribution >= 4 is 39.5 Å². The SMILES string of the molecule is Cc1ccc(CN2CCC(CNC(=O)c3ccc(N4CCOc5ccc(Cl)cc54)s3)CC2)cc1. The summed E-state index contributed by atoms with van der Waals surface area (Å²) in [6.07, 6.45) is 2.24. The normalized spacial score (nSPS) is 16.7. The van der Waals surface area contributed by atoms with E-state index in [9.17, 15) is 4.79 Å². The van der Waals surface area contributed by atoms with Crippen molar-refractivity contribution in [3.05, 3.63) is 75.6 Å². The number of nitrogens with one attached hydrogen (secondary N) is 1. The van der Waals surface area contributed by atoms with Crippen LogP contribution in [0.1, 0.15) is 33.6 Å². The smallest absolute Gasteiger partial charge is 0.261 e. The first-order chi connectivity index (χ1) is 16.5.